The Balaban J connectivity index is 2.78. The Morgan fingerprint density at radius 1 is 1.40 bits per heavy atom. The highest BCUT2D eigenvalue weighted by Gasteiger charge is 2.16. The fourth-order valence-corrected chi connectivity index (χ4v) is 1.18. The Labute approximate surface area is 82.3 Å². The lowest BCUT2D eigenvalue weighted by molar-refractivity contribution is 0.548. The molecule has 1 aromatic carbocycles. The Morgan fingerprint density at radius 2 is 2.13 bits per heavy atom. The summed E-state index contributed by atoms with van der Waals surface area (Å²) in [6.45, 7) is 1.46. The number of aromatic amines is 1. The number of hydrogen-bond donors (Lipinski definition) is 1. The van der Waals surface area contributed by atoms with Gasteiger partial charge in [0.2, 0.25) is 0 Å². The number of H-pyrrole nitrogens is 1. The summed E-state index contributed by atoms with van der Waals surface area (Å²) < 4.78 is 27.4. The molecule has 15 heavy (non-hydrogen) atoms. The van der Waals surface area contributed by atoms with Gasteiger partial charge in [-0.2, -0.15) is 4.68 Å². The molecule has 0 aliphatic heterocycles. The van der Waals surface area contributed by atoms with Crippen molar-refractivity contribution >= 4 is 0 Å². The van der Waals surface area contributed by atoms with Crippen molar-refractivity contribution in [1.82, 2.24) is 20.2 Å². The molecule has 0 atom stereocenters. The minimum Gasteiger partial charge on any atom is -0.244 e. The average Bonchev–Trinajstić information content (AvgIpc) is 2.60. The van der Waals surface area contributed by atoms with Crippen molar-refractivity contribution in [3.63, 3.8) is 0 Å². The van der Waals surface area contributed by atoms with Crippen molar-refractivity contribution in [3.05, 3.63) is 39.8 Å². The summed E-state index contributed by atoms with van der Waals surface area (Å²) >= 11 is 0. The van der Waals surface area contributed by atoms with E-state index in [1.165, 1.54) is 13.0 Å². The molecule has 0 saturated carbocycles. The topological polar surface area (TPSA) is 63.6 Å². The molecule has 0 aliphatic carbocycles. The van der Waals surface area contributed by atoms with Crippen LogP contribution in [0.5, 0.6) is 0 Å². The Morgan fingerprint density at radius 3 is 2.73 bits per heavy atom. The highest BCUT2D eigenvalue weighted by molar-refractivity contribution is 5.37. The van der Waals surface area contributed by atoms with E-state index in [1.807, 2.05) is 5.10 Å². The van der Waals surface area contributed by atoms with Crippen molar-refractivity contribution in [2.24, 2.45) is 0 Å². The lowest BCUT2D eigenvalue weighted by Gasteiger charge is -2.04. The smallest absolute Gasteiger partial charge is 0.244 e. The molecule has 0 aliphatic rings. The molecule has 78 valence electrons. The van der Waals surface area contributed by atoms with Gasteiger partial charge in [-0.15, -0.1) is 0 Å². The van der Waals surface area contributed by atoms with Crippen LogP contribution in [0.15, 0.2) is 16.9 Å². The summed E-state index contributed by atoms with van der Waals surface area (Å²) in [5.74, 6) is -1.69. The molecule has 2 aromatic rings. The van der Waals surface area contributed by atoms with Crippen LogP contribution < -0.4 is 5.69 Å². The van der Waals surface area contributed by atoms with Gasteiger partial charge < -0.3 is 0 Å². The fourth-order valence-electron chi connectivity index (χ4n) is 1.18. The van der Waals surface area contributed by atoms with Gasteiger partial charge in [0.1, 0.15) is 5.69 Å². The van der Waals surface area contributed by atoms with Crippen LogP contribution in [0.25, 0.3) is 5.69 Å². The predicted molar refractivity (Wildman–Crippen MR) is 46.6 cm³/mol. The molecule has 0 unspecified atom stereocenters. The van der Waals surface area contributed by atoms with Crippen molar-refractivity contribution in [2.75, 3.05) is 0 Å². The first kappa shape index (κ1) is 9.50. The van der Waals surface area contributed by atoms with Crippen LogP contribution in [0.1, 0.15) is 5.56 Å². The molecule has 0 amide bonds. The van der Waals surface area contributed by atoms with Gasteiger partial charge in [0.15, 0.2) is 11.6 Å². The summed E-state index contributed by atoms with van der Waals surface area (Å²) in [5.41, 5.74) is -1.09. The van der Waals surface area contributed by atoms with Crippen LogP contribution in [0, 0.1) is 18.6 Å². The number of halogens is 2. The Hall–Kier alpha value is -2.05. The minimum absolute atomic E-state index is 0.223. The van der Waals surface area contributed by atoms with Crippen molar-refractivity contribution in [1.29, 1.82) is 0 Å². The summed E-state index contributed by atoms with van der Waals surface area (Å²) in [6.07, 6.45) is 0. The number of tetrazole rings is 1. The van der Waals surface area contributed by atoms with Crippen LogP contribution in [0.2, 0.25) is 0 Å². The Bertz CT molecular complexity index is 560. The zero-order valence-corrected chi connectivity index (χ0v) is 7.66. The summed E-state index contributed by atoms with van der Waals surface area (Å²) in [4.78, 5) is 11.1. The molecule has 0 spiro atoms. The molecule has 7 heteroatoms. The fraction of sp³-hybridized carbons (Fsp3) is 0.125. The number of benzene rings is 1. The predicted octanol–water partition coefficient (Wildman–Crippen LogP) is 0.542. The second-order valence-electron chi connectivity index (χ2n) is 2.95. The Kier molecular flexibility index (Phi) is 2.07. The molecular formula is C8H6F2N4O. The van der Waals surface area contributed by atoms with Crippen molar-refractivity contribution < 1.29 is 8.78 Å². The van der Waals surface area contributed by atoms with Gasteiger partial charge in [0.25, 0.3) is 0 Å². The molecule has 1 aromatic heterocycles. The maximum absolute atomic E-state index is 13.5. The van der Waals surface area contributed by atoms with E-state index in [4.69, 9.17) is 0 Å². The molecule has 0 radical (unpaired) electrons. The van der Waals surface area contributed by atoms with Crippen molar-refractivity contribution in [2.45, 2.75) is 6.92 Å². The molecule has 2 rings (SSSR count). The van der Waals surface area contributed by atoms with Gasteiger partial charge in [0, 0.05) is 0 Å². The van der Waals surface area contributed by atoms with Gasteiger partial charge in [-0.1, -0.05) is 6.07 Å². The van der Waals surface area contributed by atoms with Crippen LogP contribution in [0.3, 0.4) is 0 Å². The van der Waals surface area contributed by atoms with E-state index in [-0.39, 0.29) is 5.56 Å². The van der Waals surface area contributed by atoms with E-state index in [0.29, 0.717) is 4.68 Å². The second kappa shape index (κ2) is 3.26. The molecule has 1 heterocycles. The molecule has 0 fully saturated rings. The third kappa shape index (κ3) is 1.41. The van der Waals surface area contributed by atoms with Crippen LogP contribution in [0.4, 0.5) is 8.78 Å². The second-order valence-corrected chi connectivity index (χ2v) is 2.95. The number of aromatic nitrogens is 4. The third-order valence-corrected chi connectivity index (χ3v) is 1.94. The summed E-state index contributed by atoms with van der Waals surface area (Å²) in [7, 11) is 0. The lowest BCUT2D eigenvalue weighted by atomic mass is 10.2. The number of rotatable bonds is 1. The molecule has 1 N–H and O–H groups in total. The molecule has 0 bridgehead atoms. The largest absolute Gasteiger partial charge is 0.366 e. The molecular weight excluding hydrogens is 206 g/mol. The van der Waals surface area contributed by atoms with E-state index in [1.54, 1.807) is 0 Å². The number of hydrogen-bond acceptors (Lipinski definition) is 3. The van der Waals surface area contributed by atoms with E-state index in [9.17, 15) is 13.6 Å². The van der Waals surface area contributed by atoms with Gasteiger partial charge in [-0.05, 0) is 29.0 Å². The first-order valence-electron chi connectivity index (χ1n) is 4.06. The zero-order valence-electron chi connectivity index (χ0n) is 7.66. The van der Waals surface area contributed by atoms with Gasteiger partial charge in [0.05, 0.1) is 0 Å². The van der Waals surface area contributed by atoms with Crippen molar-refractivity contribution in [3.8, 4) is 5.69 Å². The lowest BCUT2D eigenvalue weighted by Crippen LogP contribution is -2.19. The van der Waals surface area contributed by atoms with E-state index < -0.39 is 23.0 Å². The molecule has 0 saturated heterocycles. The first-order valence-corrected chi connectivity index (χ1v) is 4.06. The summed E-state index contributed by atoms with van der Waals surface area (Å²) in [5, 5.41) is 8.37. The third-order valence-electron chi connectivity index (χ3n) is 1.94. The average molecular weight is 212 g/mol. The SMILES string of the molecule is Cc1ccc(F)c(-n2nn[nH]c2=O)c1F. The summed E-state index contributed by atoms with van der Waals surface area (Å²) in [6, 6.07) is 2.34. The number of nitrogens with one attached hydrogen (secondary N) is 1. The molecule has 5 nitrogen and oxygen atoms in total. The normalized spacial score (nSPS) is 10.6. The highest BCUT2D eigenvalue weighted by Crippen LogP contribution is 2.17. The number of nitrogens with zero attached hydrogens (tertiary/aromatic N) is 3. The van der Waals surface area contributed by atoms with E-state index in [0.717, 1.165) is 6.07 Å². The first-order chi connectivity index (χ1) is 7.11. The van der Waals surface area contributed by atoms with Crippen LogP contribution in [-0.2, 0) is 0 Å². The van der Waals surface area contributed by atoms with Crippen LogP contribution >= 0.6 is 0 Å². The maximum atomic E-state index is 13.5. The highest BCUT2D eigenvalue weighted by atomic mass is 19.1. The van der Waals surface area contributed by atoms with Gasteiger partial charge in [-0.3, -0.25) is 0 Å². The van der Waals surface area contributed by atoms with Crippen LogP contribution in [-0.4, -0.2) is 20.2 Å². The quantitative estimate of drug-likeness (QED) is 0.750. The standard InChI is InChI=1S/C8H6F2N4O/c1-4-2-3-5(9)7(6(4)10)14-8(15)11-12-13-14/h2-3H,1H3,(H,11,13,15). The monoisotopic (exact) mass is 212 g/mol. The maximum Gasteiger partial charge on any atom is 0.366 e. The zero-order chi connectivity index (χ0) is 11.0. The minimum atomic E-state index is -0.867. The number of aryl methyl sites for hydroxylation is 1. The van der Waals surface area contributed by atoms with E-state index >= 15 is 0 Å². The van der Waals surface area contributed by atoms with Gasteiger partial charge >= 0.3 is 5.69 Å². The van der Waals surface area contributed by atoms with E-state index in [2.05, 4.69) is 10.4 Å². The van der Waals surface area contributed by atoms with Gasteiger partial charge in [-0.25, -0.2) is 18.7 Å².